The van der Waals surface area contributed by atoms with E-state index in [2.05, 4.69) is 54.8 Å². The molecule has 0 radical (unpaired) electrons. The van der Waals surface area contributed by atoms with E-state index >= 15 is 0 Å². The van der Waals surface area contributed by atoms with Crippen LogP contribution in [-0.2, 0) is 6.54 Å². The minimum atomic E-state index is -0.0820. The number of methoxy groups -OCH3 is 1. The predicted molar refractivity (Wildman–Crippen MR) is 160 cm³/mol. The van der Waals surface area contributed by atoms with Gasteiger partial charge in [0.05, 0.1) is 18.2 Å². The molecule has 0 aliphatic carbocycles. The number of rotatable bonds is 12. The number of hydrogen-bond donors (Lipinski definition) is 0. The molecular formula is C33H43ClN2O2. The summed E-state index contributed by atoms with van der Waals surface area (Å²) in [4.78, 5) is 18.8. The van der Waals surface area contributed by atoms with Gasteiger partial charge < -0.3 is 4.74 Å². The zero-order valence-corrected chi connectivity index (χ0v) is 24.3. The molecule has 1 atom stereocenters. The molecule has 204 valence electrons. The van der Waals surface area contributed by atoms with E-state index in [-0.39, 0.29) is 11.8 Å². The Hall–Kier alpha value is -2.40. The first kappa shape index (κ1) is 28.6. The molecule has 5 heteroatoms. The Kier molecular flexibility index (Phi) is 10.2. The molecule has 3 aromatic rings. The first-order valence-corrected chi connectivity index (χ1v) is 14.7. The van der Waals surface area contributed by atoms with Crippen molar-refractivity contribution in [3.8, 4) is 5.75 Å². The summed E-state index contributed by atoms with van der Waals surface area (Å²) in [6.07, 6.45) is 5.41. The SMILES string of the molecule is CCCCC(C(=O)c1ccc2c(Cl)c(OC)ccc2c1)N1CCN(Cc2cccc(C(CC)CC)c2)CC1. The summed E-state index contributed by atoms with van der Waals surface area (Å²) in [5.74, 6) is 1.52. The monoisotopic (exact) mass is 534 g/mol. The largest absolute Gasteiger partial charge is 0.495 e. The lowest BCUT2D eigenvalue weighted by Crippen LogP contribution is -2.52. The van der Waals surface area contributed by atoms with Gasteiger partial charge in [-0.25, -0.2) is 0 Å². The molecule has 4 nitrogen and oxygen atoms in total. The molecular weight excluding hydrogens is 492 g/mol. The van der Waals surface area contributed by atoms with Crippen LogP contribution < -0.4 is 4.74 Å². The van der Waals surface area contributed by atoms with Crippen molar-refractivity contribution < 1.29 is 9.53 Å². The van der Waals surface area contributed by atoms with Gasteiger partial charge in [-0.15, -0.1) is 0 Å². The van der Waals surface area contributed by atoms with Gasteiger partial charge in [-0.3, -0.25) is 14.6 Å². The fourth-order valence-corrected chi connectivity index (χ4v) is 6.16. The van der Waals surface area contributed by atoms with E-state index in [1.54, 1.807) is 7.11 Å². The highest BCUT2D eigenvalue weighted by molar-refractivity contribution is 6.37. The number of piperazine rings is 1. The molecule has 1 saturated heterocycles. The highest BCUT2D eigenvalue weighted by Gasteiger charge is 2.29. The fraction of sp³-hybridized carbons (Fsp3) is 0.485. The van der Waals surface area contributed by atoms with E-state index in [1.807, 2.05) is 30.3 Å². The molecule has 3 aromatic carbocycles. The first-order valence-electron chi connectivity index (χ1n) is 14.3. The minimum absolute atomic E-state index is 0.0820. The van der Waals surface area contributed by atoms with E-state index in [9.17, 15) is 4.79 Å². The smallest absolute Gasteiger partial charge is 0.179 e. The number of carbonyl (C=O) groups excluding carboxylic acids is 1. The molecule has 0 N–H and O–H groups in total. The number of fused-ring (bicyclic) bond motifs is 1. The van der Waals surface area contributed by atoms with E-state index in [4.69, 9.17) is 16.3 Å². The van der Waals surface area contributed by atoms with Crippen LogP contribution >= 0.6 is 11.6 Å². The number of nitrogens with zero attached hydrogens (tertiary/aromatic N) is 2. The van der Waals surface area contributed by atoms with E-state index in [0.717, 1.165) is 68.3 Å². The Labute approximate surface area is 233 Å². The molecule has 0 saturated carbocycles. The van der Waals surface area contributed by atoms with Crippen LogP contribution in [0.15, 0.2) is 54.6 Å². The van der Waals surface area contributed by atoms with Crippen LogP contribution in [0.1, 0.15) is 80.3 Å². The van der Waals surface area contributed by atoms with Crippen LogP contribution in [0.4, 0.5) is 0 Å². The Morgan fingerprint density at radius 3 is 2.42 bits per heavy atom. The van der Waals surface area contributed by atoms with Crippen molar-refractivity contribution in [1.82, 2.24) is 9.80 Å². The van der Waals surface area contributed by atoms with Gasteiger partial charge >= 0.3 is 0 Å². The maximum absolute atomic E-state index is 13.8. The van der Waals surface area contributed by atoms with Crippen molar-refractivity contribution >= 4 is 28.2 Å². The number of ether oxygens (including phenoxy) is 1. The van der Waals surface area contributed by atoms with Crippen molar-refractivity contribution in [2.24, 2.45) is 0 Å². The Morgan fingerprint density at radius 1 is 0.974 bits per heavy atom. The third-order valence-electron chi connectivity index (χ3n) is 8.22. The van der Waals surface area contributed by atoms with Crippen molar-refractivity contribution in [2.75, 3.05) is 33.3 Å². The second kappa shape index (κ2) is 13.6. The van der Waals surface area contributed by atoms with E-state index < -0.39 is 0 Å². The summed E-state index contributed by atoms with van der Waals surface area (Å²) < 4.78 is 5.36. The molecule has 0 bridgehead atoms. The topological polar surface area (TPSA) is 32.8 Å². The molecule has 0 aromatic heterocycles. The standard InChI is InChI=1S/C33H43ClN2O2/c1-5-8-12-30(33(37)28-13-15-29-27(22-28)14-16-31(38-4)32(29)34)36-19-17-35(18-20-36)23-24-10-9-11-26(21-24)25(6-2)7-3/h9-11,13-16,21-22,25,30H,5-8,12,17-20,23H2,1-4H3. The fourth-order valence-electron chi connectivity index (χ4n) is 5.85. The highest BCUT2D eigenvalue weighted by atomic mass is 35.5. The first-order chi connectivity index (χ1) is 18.5. The van der Waals surface area contributed by atoms with Crippen molar-refractivity contribution in [1.29, 1.82) is 0 Å². The number of carbonyl (C=O) groups is 1. The van der Waals surface area contributed by atoms with E-state index in [0.29, 0.717) is 16.7 Å². The normalized spacial score (nSPS) is 15.7. The van der Waals surface area contributed by atoms with Gasteiger partial charge in [-0.05, 0) is 53.8 Å². The summed E-state index contributed by atoms with van der Waals surface area (Å²) >= 11 is 6.51. The summed E-state index contributed by atoms with van der Waals surface area (Å²) in [5, 5.41) is 2.47. The highest BCUT2D eigenvalue weighted by Crippen LogP contribution is 2.33. The number of unbranched alkanes of at least 4 members (excludes halogenated alkanes) is 1. The maximum atomic E-state index is 13.8. The van der Waals surface area contributed by atoms with Crippen molar-refractivity contribution in [2.45, 2.75) is 71.4 Å². The van der Waals surface area contributed by atoms with Gasteiger partial charge in [0, 0.05) is 43.7 Å². The minimum Gasteiger partial charge on any atom is -0.495 e. The third kappa shape index (κ3) is 6.59. The molecule has 1 aliphatic rings. The molecule has 1 unspecified atom stereocenters. The summed E-state index contributed by atoms with van der Waals surface area (Å²) in [5.41, 5.74) is 3.62. The molecule has 1 heterocycles. The Bertz CT molecular complexity index is 1210. The van der Waals surface area contributed by atoms with E-state index in [1.165, 1.54) is 24.0 Å². The van der Waals surface area contributed by atoms with Gasteiger partial charge in [0.1, 0.15) is 5.75 Å². The molecule has 1 aliphatic heterocycles. The van der Waals surface area contributed by atoms with Gasteiger partial charge in [-0.1, -0.05) is 87.7 Å². The zero-order chi connectivity index (χ0) is 27.1. The van der Waals surface area contributed by atoms with Crippen LogP contribution in [-0.4, -0.2) is 54.9 Å². The maximum Gasteiger partial charge on any atom is 0.179 e. The van der Waals surface area contributed by atoms with Crippen LogP contribution in [0.2, 0.25) is 5.02 Å². The lowest BCUT2D eigenvalue weighted by Gasteiger charge is -2.39. The van der Waals surface area contributed by atoms with Crippen LogP contribution in [0.25, 0.3) is 10.8 Å². The lowest BCUT2D eigenvalue weighted by atomic mass is 9.92. The van der Waals surface area contributed by atoms with Gasteiger partial charge in [0.25, 0.3) is 0 Å². The number of halogens is 1. The van der Waals surface area contributed by atoms with Crippen LogP contribution in [0.3, 0.4) is 0 Å². The third-order valence-corrected chi connectivity index (χ3v) is 8.61. The molecule has 4 rings (SSSR count). The van der Waals surface area contributed by atoms with Crippen molar-refractivity contribution in [3.63, 3.8) is 0 Å². The molecule has 0 spiro atoms. The van der Waals surface area contributed by atoms with Crippen LogP contribution in [0.5, 0.6) is 5.75 Å². The lowest BCUT2D eigenvalue weighted by molar-refractivity contribution is 0.0628. The number of ketones is 1. The predicted octanol–water partition coefficient (Wildman–Crippen LogP) is 7.96. The molecule has 38 heavy (non-hydrogen) atoms. The summed E-state index contributed by atoms with van der Waals surface area (Å²) in [6.45, 7) is 11.5. The second-order valence-electron chi connectivity index (χ2n) is 10.6. The average molecular weight is 535 g/mol. The Balaban J connectivity index is 1.44. The second-order valence-corrected chi connectivity index (χ2v) is 11.0. The summed E-state index contributed by atoms with van der Waals surface area (Å²) in [7, 11) is 1.62. The number of hydrogen-bond acceptors (Lipinski definition) is 4. The molecule has 0 amide bonds. The van der Waals surface area contributed by atoms with Gasteiger partial charge in [0.2, 0.25) is 0 Å². The van der Waals surface area contributed by atoms with Gasteiger partial charge in [0.15, 0.2) is 5.78 Å². The van der Waals surface area contributed by atoms with Crippen molar-refractivity contribution in [3.05, 3.63) is 76.3 Å². The van der Waals surface area contributed by atoms with Gasteiger partial charge in [-0.2, -0.15) is 0 Å². The van der Waals surface area contributed by atoms with Crippen LogP contribution in [0, 0.1) is 0 Å². The summed E-state index contributed by atoms with van der Waals surface area (Å²) in [6, 6.07) is 18.8. The molecule has 1 fully saturated rings. The number of Topliss-reactive ketones (excluding diaryl/α,β-unsaturated/α-hetero) is 1. The zero-order valence-electron chi connectivity index (χ0n) is 23.5. The quantitative estimate of drug-likeness (QED) is 0.221. The number of benzene rings is 3. The average Bonchev–Trinajstić information content (AvgIpc) is 2.95. The Morgan fingerprint density at radius 2 is 1.74 bits per heavy atom.